The van der Waals surface area contributed by atoms with Crippen LogP contribution >= 0.6 is 34.8 Å². The molecule has 0 spiro atoms. The van der Waals surface area contributed by atoms with Crippen LogP contribution in [0.15, 0.2) is 30.3 Å². The Labute approximate surface area is 143 Å². The van der Waals surface area contributed by atoms with E-state index in [1.165, 1.54) is 12.1 Å². The van der Waals surface area contributed by atoms with E-state index in [4.69, 9.17) is 46.0 Å². The summed E-state index contributed by atoms with van der Waals surface area (Å²) in [5.74, 6) is 2.24. The Hall–Kier alpha value is -1.60. The first-order valence-corrected chi connectivity index (χ1v) is 7.37. The minimum atomic E-state index is -0.465. The van der Waals surface area contributed by atoms with Crippen molar-refractivity contribution in [1.29, 1.82) is 0 Å². The Morgan fingerprint density at radius 3 is 2.36 bits per heavy atom. The van der Waals surface area contributed by atoms with Crippen molar-refractivity contribution >= 4 is 40.5 Å². The molecule has 2 aromatic rings. The SMILES string of the molecule is C#CCOc1c(Cl)cc(CNc2ccc(F)c(Cl)c2)cc1Cl. The number of hydrogen-bond donors (Lipinski definition) is 1. The maximum atomic E-state index is 13.1. The molecule has 114 valence electrons. The molecule has 0 saturated carbocycles. The monoisotopic (exact) mass is 357 g/mol. The van der Waals surface area contributed by atoms with Crippen LogP contribution in [0.3, 0.4) is 0 Å². The van der Waals surface area contributed by atoms with Crippen molar-refractivity contribution in [3.8, 4) is 18.1 Å². The van der Waals surface area contributed by atoms with Crippen LogP contribution in [0, 0.1) is 18.2 Å². The van der Waals surface area contributed by atoms with Gasteiger partial charge in [-0.3, -0.25) is 0 Å². The molecular formula is C16H11Cl3FNO. The number of halogens is 4. The zero-order valence-corrected chi connectivity index (χ0v) is 13.6. The Kier molecular flexibility index (Phi) is 5.79. The third-order valence-corrected chi connectivity index (χ3v) is 3.63. The number of rotatable bonds is 5. The summed E-state index contributed by atoms with van der Waals surface area (Å²) in [5, 5.41) is 3.90. The second kappa shape index (κ2) is 7.60. The van der Waals surface area contributed by atoms with Gasteiger partial charge in [-0.15, -0.1) is 6.42 Å². The minimum Gasteiger partial charge on any atom is -0.478 e. The fourth-order valence-electron chi connectivity index (χ4n) is 1.78. The molecule has 0 aromatic heterocycles. The van der Waals surface area contributed by atoms with E-state index in [0.717, 1.165) is 5.56 Å². The van der Waals surface area contributed by atoms with Gasteiger partial charge in [-0.05, 0) is 35.9 Å². The van der Waals surface area contributed by atoms with E-state index in [2.05, 4.69) is 11.2 Å². The number of hydrogen-bond acceptors (Lipinski definition) is 2. The Morgan fingerprint density at radius 2 is 1.77 bits per heavy atom. The maximum absolute atomic E-state index is 13.1. The molecule has 6 heteroatoms. The third-order valence-electron chi connectivity index (χ3n) is 2.77. The molecule has 2 rings (SSSR count). The lowest BCUT2D eigenvalue weighted by Gasteiger charge is -2.11. The van der Waals surface area contributed by atoms with Crippen molar-refractivity contribution in [1.82, 2.24) is 0 Å². The van der Waals surface area contributed by atoms with E-state index in [-0.39, 0.29) is 11.6 Å². The average molecular weight is 359 g/mol. The quantitative estimate of drug-likeness (QED) is 0.722. The highest BCUT2D eigenvalue weighted by Gasteiger charge is 2.10. The lowest BCUT2D eigenvalue weighted by molar-refractivity contribution is 0.371. The fraction of sp³-hybridized carbons (Fsp3) is 0.125. The first-order valence-electron chi connectivity index (χ1n) is 6.24. The van der Waals surface area contributed by atoms with Crippen LogP contribution in [0.5, 0.6) is 5.75 Å². The average Bonchev–Trinajstić information content (AvgIpc) is 2.48. The van der Waals surface area contributed by atoms with Gasteiger partial charge in [-0.1, -0.05) is 40.7 Å². The fourth-order valence-corrected chi connectivity index (χ4v) is 2.60. The van der Waals surface area contributed by atoms with E-state index in [9.17, 15) is 4.39 Å². The molecule has 0 aliphatic heterocycles. The second-order valence-electron chi connectivity index (χ2n) is 4.36. The van der Waals surface area contributed by atoms with Crippen molar-refractivity contribution in [2.45, 2.75) is 6.54 Å². The summed E-state index contributed by atoms with van der Waals surface area (Å²) in [6, 6.07) is 7.83. The molecule has 0 bridgehead atoms. The summed E-state index contributed by atoms with van der Waals surface area (Å²) in [6.07, 6.45) is 5.13. The Balaban J connectivity index is 2.10. The molecule has 2 nitrogen and oxygen atoms in total. The topological polar surface area (TPSA) is 21.3 Å². The van der Waals surface area contributed by atoms with Crippen LogP contribution in [0.1, 0.15) is 5.56 Å². The van der Waals surface area contributed by atoms with Gasteiger partial charge in [0.25, 0.3) is 0 Å². The van der Waals surface area contributed by atoms with Gasteiger partial charge in [-0.2, -0.15) is 0 Å². The number of nitrogens with one attached hydrogen (secondary N) is 1. The molecule has 22 heavy (non-hydrogen) atoms. The van der Waals surface area contributed by atoms with Crippen LogP contribution in [0.4, 0.5) is 10.1 Å². The van der Waals surface area contributed by atoms with Gasteiger partial charge < -0.3 is 10.1 Å². The second-order valence-corrected chi connectivity index (χ2v) is 5.59. The van der Waals surface area contributed by atoms with E-state index >= 15 is 0 Å². The van der Waals surface area contributed by atoms with Crippen LogP contribution in [-0.4, -0.2) is 6.61 Å². The van der Waals surface area contributed by atoms with E-state index < -0.39 is 5.82 Å². The van der Waals surface area contributed by atoms with Gasteiger partial charge in [0, 0.05) is 12.2 Å². The highest BCUT2D eigenvalue weighted by Crippen LogP contribution is 2.34. The van der Waals surface area contributed by atoms with Gasteiger partial charge >= 0.3 is 0 Å². The van der Waals surface area contributed by atoms with E-state index in [1.807, 2.05) is 0 Å². The zero-order chi connectivity index (χ0) is 16.1. The summed E-state index contributed by atoms with van der Waals surface area (Å²) in [7, 11) is 0. The van der Waals surface area contributed by atoms with E-state index in [0.29, 0.717) is 28.0 Å². The molecule has 0 fully saturated rings. The van der Waals surface area contributed by atoms with Crippen molar-refractivity contribution in [3.63, 3.8) is 0 Å². The molecule has 2 aromatic carbocycles. The normalized spacial score (nSPS) is 10.1. The maximum Gasteiger partial charge on any atom is 0.157 e. The molecule has 0 heterocycles. The molecule has 0 radical (unpaired) electrons. The predicted molar refractivity (Wildman–Crippen MR) is 89.5 cm³/mol. The molecular weight excluding hydrogens is 348 g/mol. The Bertz CT molecular complexity index is 705. The zero-order valence-electron chi connectivity index (χ0n) is 11.3. The lowest BCUT2D eigenvalue weighted by Crippen LogP contribution is -2.01. The lowest BCUT2D eigenvalue weighted by atomic mass is 10.2. The van der Waals surface area contributed by atoms with Crippen LogP contribution < -0.4 is 10.1 Å². The van der Waals surface area contributed by atoms with Gasteiger partial charge in [0.2, 0.25) is 0 Å². The smallest absolute Gasteiger partial charge is 0.157 e. The van der Waals surface area contributed by atoms with Crippen LogP contribution in [0.25, 0.3) is 0 Å². The molecule has 0 aliphatic rings. The summed E-state index contributed by atoms with van der Waals surface area (Å²) in [5.41, 5.74) is 1.52. The summed E-state index contributed by atoms with van der Waals surface area (Å²) in [4.78, 5) is 0. The van der Waals surface area contributed by atoms with E-state index in [1.54, 1.807) is 18.2 Å². The molecule has 0 saturated heterocycles. The molecule has 1 N–H and O–H groups in total. The number of terminal acetylenes is 1. The molecule has 0 atom stereocenters. The van der Waals surface area contributed by atoms with Crippen molar-refractivity contribution in [3.05, 3.63) is 56.8 Å². The first-order chi connectivity index (χ1) is 10.5. The largest absolute Gasteiger partial charge is 0.478 e. The van der Waals surface area contributed by atoms with Gasteiger partial charge in [0.1, 0.15) is 12.4 Å². The van der Waals surface area contributed by atoms with Crippen molar-refractivity contribution < 1.29 is 9.13 Å². The highest BCUT2D eigenvalue weighted by molar-refractivity contribution is 6.37. The standard InChI is InChI=1S/C16H11Cl3FNO/c1-2-5-22-16-13(18)6-10(7-14(16)19)9-21-11-3-4-15(20)12(17)8-11/h1,3-4,6-8,21H,5,9H2. The molecule has 0 unspecified atom stereocenters. The van der Waals surface area contributed by atoms with Gasteiger partial charge in [0.15, 0.2) is 5.75 Å². The van der Waals surface area contributed by atoms with Gasteiger partial charge in [-0.25, -0.2) is 4.39 Å². The van der Waals surface area contributed by atoms with Crippen molar-refractivity contribution in [2.24, 2.45) is 0 Å². The predicted octanol–water partition coefficient (Wildman–Crippen LogP) is 5.41. The number of ether oxygens (including phenoxy) is 1. The third kappa shape index (κ3) is 4.20. The first kappa shape index (κ1) is 16.8. The minimum absolute atomic E-state index is 0.0547. The molecule has 0 aliphatic carbocycles. The summed E-state index contributed by atoms with van der Waals surface area (Å²) in [6.45, 7) is 0.530. The summed E-state index contributed by atoms with van der Waals surface area (Å²) < 4.78 is 18.4. The Morgan fingerprint density at radius 1 is 1.09 bits per heavy atom. The van der Waals surface area contributed by atoms with Gasteiger partial charge in [0.05, 0.1) is 15.1 Å². The van der Waals surface area contributed by atoms with Crippen molar-refractivity contribution in [2.75, 3.05) is 11.9 Å². The summed E-state index contributed by atoms with van der Waals surface area (Å²) >= 11 is 18.0. The number of benzene rings is 2. The number of anilines is 1. The molecule has 0 amide bonds. The van der Waals surface area contributed by atoms with Crippen LogP contribution in [-0.2, 0) is 6.54 Å². The van der Waals surface area contributed by atoms with Crippen LogP contribution in [0.2, 0.25) is 15.1 Å². The highest BCUT2D eigenvalue weighted by atomic mass is 35.5.